The summed E-state index contributed by atoms with van der Waals surface area (Å²) in [5.74, 6) is 0.885. The Morgan fingerprint density at radius 3 is 2.93 bits per heavy atom. The van der Waals surface area contributed by atoms with E-state index in [-0.39, 0.29) is 5.91 Å². The van der Waals surface area contributed by atoms with Gasteiger partial charge < -0.3 is 20.9 Å². The van der Waals surface area contributed by atoms with Crippen molar-refractivity contribution >= 4 is 50.0 Å². The number of nitrogens with one attached hydrogen (secondary N) is 2. The van der Waals surface area contributed by atoms with E-state index in [1.165, 1.54) is 0 Å². The van der Waals surface area contributed by atoms with Gasteiger partial charge in [0.05, 0.1) is 26.5 Å². The summed E-state index contributed by atoms with van der Waals surface area (Å²) in [5, 5.41) is 4.07. The molecule has 5 rings (SSSR count). The smallest absolute Gasteiger partial charge is 0.232 e. The molecule has 148 valence electrons. The molecule has 0 atom stereocenters. The summed E-state index contributed by atoms with van der Waals surface area (Å²) in [6.45, 7) is 1.75. The third kappa shape index (κ3) is 3.12. The lowest BCUT2D eigenvalue weighted by molar-refractivity contribution is -0.126. The van der Waals surface area contributed by atoms with Gasteiger partial charge in [-0.1, -0.05) is 0 Å². The van der Waals surface area contributed by atoms with E-state index in [0.29, 0.717) is 19.4 Å². The highest BCUT2D eigenvalue weighted by atomic mass is 32.1. The molecule has 4 N–H and O–H groups in total. The molecule has 4 heterocycles. The Bertz CT molecular complexity index is 1180. The van der Waals surface area contributed by atoms with E-state index in [2.05, 4.69) is 30.2 Å². The minimum Gasteiger partial charge on any atom is -0.356 e. The minimum absolute atomic E-state index is 0.0157. The van der Waals surface area contributed by atoms with E-state index in [4.69, 9.17) is 5.73 Å². The zero-order chi connectivity index (χ0) is 19.8. The molecule has 1 saturated heterocycles. The minimum atomic E-state index is -0.580. The van der Waals surface area contributed by atoms with Crippen LogP contribution in [0.2, 0.25) is 0 Å². The van der Waals surface area contributed by atoms with Crippen LogP contribution in [0.4, 0.5) is 11.5 Å². The number of thiazole rings is 1. The van der Waals surface area contributed by atoms with Gasteiger partial charge in [-0.05, 0) is 37.1 Å². The number of benzene rings is 1. The number of nitrogens with two attached hydrogens (primary N) is 1. The SMILES string of the molecule is NCC1(C(=O)Nc2ccc3ncsc3c2)CCN(c2ncnc3[nH]ccc23)CC1. The first kappa shape index (κ1) is 18.0. The molecule has 0 bridgehead atoms. The Hall–Kier alpha value is -3.04. The Kier molecular flexibility index (Phi) is 4.40. The number of aromatic nitrogens is 4. The van der Waals surface area contributed by atoms with E-state index in [9.17, 15) is 4.79 Å². The van der Waals surface area contributed by atoms with Crippen LogP contribution < -0.4 is 16.0 Å². The van der Waals surface area contributed by atoms with Crippen LogP contribution in [0.1, 0.15) is 12.8 Å². The van der Waals surface area contributed by atoms with Crippen LogP contribution in [0.3, 0.4) is 0 Å². The topological polar surface area (TPSA) is 113 Å². The van der Waals surface area contributed by atoms with Gasteiger partial charge in [-0.15, -0.1) is 11.3 Å². The fraction of sp³-hybridized carbons (Fsp3) is 0.300. The van der Waals surface area contributed by atoms with Gasteiger partial charge in [-0.2, -0.15) is 0 Å². The number of aromatic amines is 1. The summed E-state index contributed by atoms with van der Waals surface area (Å²) in [4.78, 5) is 31.5. The maximum Gasteiger partial charge on any atom is 0.232 e. The highest BCUT2D eigenvalue weighted by molar-refractivity contribution is 7.16. The van der Waals surface area contributed by atoms with Gasteiger partial charge in [0.15, 0.2) is 0 Å². The maximum absolute atomic E-state index is 13.2. The van der Waals surface area contributed by atoms with Crippen LogP contribution in [0.25, 0.3) is 21.3 Å². The molecule has 0 saturated carbocycles. The quantitative estimate of drug-likeness (QED) is 0.479. The number of rotatable bonds is 4. The molecule has 4 aromatic rings. The Balaban J connectivity index is 1.33. The predicted molar refractivity (Wildman–Crippen MR) is 115 cm³/mol. The largest absolute Gasteiger partial charge is 0.356 e. The summed E-state index contributed by atoms with van der Waals surface area (Å²) in [6.07, 6.45) is 4.79. The van der Waals surface area contributed by atoms with E-state index in [0.717, 1.165) is 45.8 Å². The van der Waals surface area contributed by atoms with E-state index in [1.54, 1.807) is 17.7 Å². The number of piperidine rings is 1. The summed E-state index contributed by atoms with van der Waals surface area (Å²) in [5.41, 5.74) is 9.88. The molecule has 8 nitrogen and oxygen atoms in total. The maximum atomic E-state index is 13.2. The standard InChI is InChI=1S/C20H21N7OS/c21-10-20(19(28)26-13-1-2-15-16(9-13)29-12-25-15)4-7-27(8-5-20)18-14-3-6-22-17(14)23-11-24-18/h1-3,6,9,11-12H,4-5,7-8,10,21H2,(H,26,28)(H,22,23,24). The zero-order valence-electron chi connectivity index (χ0n) is 15.8. The summed E-state index contributed by atoms with van der Waals surface area (Å²) in [7, 11) is 0. The zero-order valence-corrected chi connectivity index (χ0v) is 16.6. The molecule has 1 aliphatic heterocycles. The van der Waals surface area contributed by atoms with Gasteiger partial charge in [0.1, 0.15) is 17.8 Å². The van der Waals surface area contributed by atoms with Gasteiger partial charge in [0.25, 0.3) is 0 Å². The highest BCUT2D eigenvalue weighted by Crippen LogP contribution is 2.35. The normalized spacial score (nSPS) is 16.4. The fourth-order valence-electron chi connectivity index (χ4n) is 3.98. The third-order valence-electron chi connectivity index (χ3n) is 5.81. The number of hydrogen-bond donors (Lipinski definition) is 3. The Morgan fingerprint density at radius 2 is 2.10 bits per heavy atom. The van der Waals surface area contributed by atoms with E-state index in [1.807, 2.05) is 36.0 Å². The van der Waals surface area contributed by atoms with Crippen molar-refractivity contribution in [3.63, 3.8) is 0 Å². The fourth-order valence-corrected chi connectivity index (χ4v) is 4.69. The van der Waals surface area contributed by atoms with Crippen molar-refractivity contribution in [3.05, 3.63) is 42.3 Å². The molecule has 0 radical (unpaired) electrons. The van der Waals surface area contributed by atoms with Crippen molar-refractivity contribution < 1.29 is 4.79 Å². The van der Waals surface area contributed by atoms with Crippen LogP contribution in [-0.2, 0) is 4.79 Å². The number of nitrogens with zero attached hydrogens (tertiary/aromatic N) is 4. The van der Waals surface area contributed by atoms with E-state index < -0.39 is 5.41 Å². The predicted octanol–water partition coefficient (Wildman–Crippen LogP) is 2.75. The van der Waals surface area contributed by atoms with Crippen molar-refractivity contribution in [2.24, 2.45) is 11.1 Å². The summed E-state index contributed by atoms with van der Waals surface area (Å²) >= 11 is 1.56. The first-order valence-corrected chi connectivity index (χ1v) is 10.4. The van der Waals surface area contributed by atoms with Crippen LogP contribution in [0, 0.1) is 5.41 Å². The van der Waals surface area contributed by atoms with Crippen molar-refractivity contribution in [2.75, 3.05) is 29.9 Å². The molecule has 0 aliphatic carbocycles. The monoisotopic (exact) mass is 407 g/mol. The number of amides is 1. The number of anilines is 2. The Morgan fingerprint density at radius 1 is 1.24 bits per heavy atom. The summed E-state index contributed by atoms with van der Waals surface area (Å²) in [6, 6.07) is 7.77. The van der Waals surface area contributed by atoms with Crippen molar-refractivity contribution in [2.45, 2.75) is 12.8 Å². The van der Waals surface area contributed by atoms with Crippen molar-refractivity contribution in [1.29, 1.82) is 0 Å². The number of fused-ring (bicyclic) bond motifs is 2. The van der Waals surface area contributed by atoms with Gasteiger partial charge in [0, 0.05) is 31.5 Å². The molecule has 1 aromatic carbocycles. The molecule has 3 aromatic heterocycles. The first-order valence-electron chi connectivity index (χ1n) is 9.56. The third-order valence-corrected chi connectivity index (χ3v) is 6.61. The van der Waals surface area contributed by atoms with Gasteiger partial charge in [-0.25, -0.2) is 15.0 Å². The van der Waals surface area contributed by atoms with Crippen LogP contribution >= 0.6 is 11.3 Å². The first-order chi connectivity index (χ1) is 14.2. The van der Waals surface area contributed by atoms with Crippen LogP contribution in [0.15, 0.2) is 42.3 Å². The lowest BCUT2D eigenvalue weighted by Gasteiger charge is -2.40. The molecule has 29 heavy (non-hydrogen) atoms. The Labute approximate surface area is 171 Å². The second-order valence-corrected chi connectivity index (χ2v) is 8.28. The van der Waals surface area contributed by atoms with Crippen LogP contribution in [0.5, 0.6) is 0 Å². The average Bonchev–Trinajstić information content (AvgIpc) is 3.42. The second kappa shape index (κ2) is 7.09. The molecule has 1 fully saturated rings. The van der Waals surface area contributed by atoms with Gasteiger partial charge in [-0.3, -0.25) is 4.79 Å². The molecule has 1 aliphatic rings. The molecule has 0 spiro atoms. The van der Waals surface area contributed by atoms with Gasteiger partial charge in [0.2, 0.25) is 5.91 Å². The number of carbonyl (C=O) groups is 1. The van der Waals surface area contributed by atoms with Crippen molar-refractivity contribution in [1.82, 2.24) is 19.9 Å². The lowest BCUT2D eigenvalue weighted by Crippen LogP contribution is -2.50. The average molecular weight is 408 g/mol. The number of H-pyrrole nitrogens is 1. The number of carbonyl (C=O) groups excluding carboxylic acids is 1. The van der Waals surface area contributed by atoms with Crippen LogP contribution in [-0.4, -0.2) is 45.5 Å². The molecule has 9 heteroatoms. The highest BCUT2D eigenvalue weighted by Gasteiger charge is 2.40. The summed E-state index contributed by atoms with van der Waals surface area (Å²) < 4.78 is 1.05. The van der Waals surface area contributed by atoms with Gasteiger partial charge >= 0.3 is 0 Å². The molecular weight excluding hydrogens is 386 g/mol. The molecular formula is C20H21N7OS. The number of hydrogen-bond acceptors (Lipinski definition) is 7. The van der Waals surface area contributed by atoms with E-state index >= 15 is 0 Å². The molecule has 1 amide bonds. The molecule has 0 unspecified atom stereocenters. The lowest BCUT2D eigenvalue weighted by atomic mass is 9.77. The van der Waals surface area contributed by atoms with Crippen molar-refractivity contribution in [3.8, 4) is 0 Å². The second-order valence-electron chi connectivity index (χ2n) is 7.40.